The van der Waals surface area contributed by atoms with Crippen molar-refractivity contribution in [2.75, 3.05) is 13.1 Å². The van der Waals surface area contributed by atoms with E-state index in [4.69, 9.17) is 4.98 Å². The average Bonchev–Trinajstić information content (AvgIpc) is 3.38. The second-order valence-electron chi connectivity index (χ2n) is 7.90. The quantitative estimate of drug-likeness (QED) is 0.518. The van der Waals surface area contributed by atoms with Gasteiger partial charge in [0, 0.05) is 29.1 Å². The number of nitrogens with one attached hydrogen (secondary N) is 1. The average molecular weight is 387 g/mol. The van der Waals surface area contributed by atoms with Gasteiger partial charge in [0.05, 0.1) is 23.6 Å². The molecule has 6 nitrogen and oxygen atoms in total. The summed E-state index contributed by atoms with van der Waals surface area (Å²) < 4.78 is 0. The molecule has 0 spiro atoms. The van der Waals surface area contributed by atoms with Crippen molar-refractivity contribution >= 4 is 5.71 Å². The summed E-state index contributed by atoms with van der Waals surface area (Å²) in [6.07, 6.45) is 9.19. The number of imidazole rings is 1. The predicted octanol–water partition coefficient (Wildman–Crippen LogP) is 4.25. The van der Waals surface area contributed by atoms with Crippen LogP contribution in [-0.4, -0.2) is 43.9 Å². The minimum atomic E-state index is 0.772. The lowest BCUT2D eigenvalue weighted by atomic mass is 10.0. The van der Waals surface area contributed by atoms with Crippen LogP contribution in [0, 0.1) is 0 Å². The molecule has 29 heavy (non-hydrogen) atoms. The maximum absolute atomic E-state index is 9.21. The van der Waals surface area contributed by atoms with Gasteiger partial charge in [-0.15, -0.1) is 0 Å². The highest BCUT2D eigenvalue weighted by molar-refractivity contribution is 6.04. The van der Waals surface area contributed by atoms with Gasteiger partial charge in [0.2, 0.25) is 0 Å². The Balaban J connectivity index is 1.54. The Labute approximate surface area is 170 Å². The molecule has 3 heterocycles. The molecular formula is C23H25N5O. The Kier molecular flexibility index (Phi) is 4.86. The highest BCUT2D eigenvalue weighted by Crippen LogP contribution is 2.33. The van der Waals surface area contributed by atoms with Crippen LogP contribution >= 0.6 is 0 Å². The van der Waals surface area contributed by atoms with E-state index in [-0.39, 0.29) is 0 Å². The number of aromatic nitrogens is 3. The molecule has 1 aromatic carbocycles. The number of likely N-dealkylation sites (tertiary alicyclic amines) is 1. The third kappa shape index (κ3) is 3.56. The summed E-state index contributed by atoms with van der Waals surface area (Å²) in [5.41, 5.74) is 7.23. The molecule has 2 N–H and O–H groups in total. The molecule has 6 heteroatoms. The largest absolute Gasteiger partial charge is 0.411 e. The number of fused-ring (bicyclic) bond motifs is 1. The van der Waals surface area contributed by atoms with Gasteiger partial charge in [0.1, 0.15) is 5.82 Å². The second-order valence-corrected chi connectivity index (χ2v) is 7.90. The molecule has 3 aromatic rings. The molecule has 2 aromatic heterocycles. The minimum absolute atomic E-state index is 0.772. The smallest absolute Gasteiger partial charge is 0.121 e. The molecule has 1 aliphatic carbocycles. The van der Waals surface area contributed by atoms with Crippen molar-refractivity contribution in [1.29, 1.82) is 0 Å². The fourth-order valence-corrected chi connectivity index (χ4v) is 4.48. The predicted molar refractivity (Wildman–Crippen MR) is 113 cm³/mol. The number of hydrogen-bond acceptors (Lipinski definition) is 5. The topological polar surface area (TPSA) is 77.4 Å². The molecule has 0 saturated carbocycles. The first-order valence-electron chi connectivity index (χ1n) is 10.4. The number of aryl methyl sites for hydroxylation is 1. The van der Waals surface area contributed by atoms with Crippen molar-refractivity contribution in [2.24, 2.45) is 5.16 Å². The van der Waals surface area contributed by atoms with Gasteiger partial charge in [0.15, 0.2) is 0 Å². The SMILES string of the molecule is ON=C1CCc2cc(-c3nc(CN4CCCCC4)[nH]c3-c3ccncc3)ccc21. The molecular weight excluding hydrogens is 362 g/mol. The summed E-state index contributed by atoms with van der Waals surface area (Å²) in [7, 11) is 0. The van der Waals surface area contributed by atoms with Crippen LogP contribution in [0.4, 0.5) is 0 Å². The molecule has 1 fully saturated rings. The Bertz CT molecular complexity index is 1030. The lowest BCUT2D eigenvalue weighted by Crippen LogP contribution is -2.29. The van der Waals surface area contributed by atoms with E-state index in [0.29, 0.717) is 0 Å². The van der Waals surface area contributed by atoms with Crippen molar-refractivity contribution in [3.05, 3.63) is 59.7 Å². The number of aromatic amines is 1. The van der Waals surface area contributed by atoms with E-state index >= 15 is 0 Å². The third-order valence-corrected chi connectivity index (χ3v) is 5.99. The fourth-order valence-electron chi connectivity index (χ4n) is 4.48. The Hall–Kier alpha value is -2.99. The van der Waals surface area contributed by atoms with Gasteiger partial charge in [-0.25, -0.2) is 4.98 Å². The van der Waals surface area contributed by atoms with E-state index in [0.717, 1.165) is 72.1 Å². The maximum atomic E-state index is 9.21. The molecule has 1 saturated heterocycles. The van der Waals surface area contributed by atoms with Crippen molar-refractivity contribution in [2.45, 2.75) is 38.6 Å². The van der Waals surface area contributed by atoms with E-state index in [1.807, 2.05) is 24.5 Å². The molecule has 1 aliphatic heterocycles. The van der Waals surface area contributed by atoms with Crippen LogP contribution in [0.1, 0.15) is 42.6 Å². The van der Waals surface area contributed by atoms with Gasteiger partial charge in [-0.2, -0.15) is 0 Å². The molecule has 0 radical (unpaired) electrons. The first-order chi connectivity index (χ1) is 14.3. The van der Waals surface area contributed by atoms with Gasteiger partial charge in [-0.05, 0) is 62.5 Å². The lowest BCUT2D eigenvalue weighted by molar-refractivity contribution is 0.216. The van der Waals surface area contributed by atoms with E-state index in [1.165, 1.54) is 24.8 Å². The zero-order valence-corrected chi connectivity index (χ0v) is 16.4. The number of nitrogens with zero attached hydrogens (tertiary/aromatic N) is 4. The van der Waals surface area contributed by atoms with Crippen LogP contribution in [0.15, 0.2) is 47.9 Å². The number of rotatable bonds is 4. The molecule has 0 bridgehead atoms. The highest BCUT2D eigenvalue weighted by atomic mass is 16.4. The molecule has 2 aliphatic rings. The summed E-state index contributed by atoms with van der Waals surface area (Å²) >= 11 is 0. The molecule has 5 rings (SSSR count). The van der Waals surface area contributed by atoms with Crippen molar-refractivity contribution in [1.82, 2.24) is 19.9 Å². The van der Waals surface area contributed by atoms with Crippen molar-refractivity contribution < 1.29 is 5.21 Å². The summed E-state index contributed by atoms with van der Waals surface area (Å²) in [6, 6.07) is 10.4. The zero-order valence-electron chi connectivity index (χ0n) is 16.4. The summed E-state index contributed by atoms with van der Waals surface area (Å²) in [6.45, 7) is 3.13. The third-order valence-electron chi connectivity index (χ3n) is 5.99. The summed E-state index contributed by atoms with van der Waals surface area (Å²) in [4.78, 5) is 15.2. The van der Waals surface area contributed by atoms with Crippen LogP contribution in [0.5, 0.6) is 0 Å². The molecule has 0 atom stereocenters. The molecule has 148 valence electrons. The van der Waals surface area contributed by atoms with Crippen molar-refractivity contribution in [3.8, 4) is 22.5 Å². The van der Waals surface area contributed by atoms with Gasteiger partial charge < -0.3 is 10.2 Å². The normalized spacial score (nSPS) is 18.3. The molecule has 0 amide bonds. The van der Waals surface area contributed by atoms with Crippen LogP contribution in [-0.2, 0) is 13.0 Å². The Morgan fingerprint density at radius 1 is 1.00 bits per heavy atom. The van der Waals surface area contributed by atoms with Crippen LogP contribution in [0.25, 0.3) is 22.5 Å². The van der Waals surface area contributed by atoms with Crippen LogP contribution < -0.4 is 0 Å². The number of pyridine rings is 1. The number of benzene rings is 1. The van der Waals surface area contributed by atoms with Gasteiger partial charge >= 0.3 is 0 Å². The number of hydrogen-bond donors (Lipinski definition) is 2. The summed E-state index contributed by atoms with van der Waals surface area (Å²) in [5.74, 6) is 1.01. The van der Waals surface area contributed by atoms with Gasteiger partial charge in [0.25, 0.3) is 0 Å². The monoisotopic (exact) mass is 387 g/mol. The number of oxime groups is 1. The van der Waals surface area contributed by atoms with Crippen molar-refractivity contribution in [3.63, 3.8) is 0 Å². The fraction of sp³-hybridized carbons (Fsp3) is 0.348. The van der Waals surface area contributed by atoms with Crippen LogP contribution in [0.2, 0.25) is 0 Å². The first-order valence-corrected chi connectivity index (χ1v) is 10.4. The standard InChI is InChI=1S/C23H25N5O/c29-27-20-7-5-17-14-18(4-6-19(17)20)23-22(16-8-10-24-11-9-16)25-21(26-23)15-28-12-2-1-3-13-28/h4,6,8-11,14,29H,1-3,5,7,12-13,15H2,(H,25,26). The van der Waals surface area contributed by atoms with E-state index in [1.54, 1.807) is 0 Å². The Morgan fingerprint density at radius 3 is 2.62 bits per heavy atom. The second kappa shape index (κ2) is 7.79. The molecule has 0 unspecified atom stereocenters. The van der Waals surface area contributed by atoms with E-state index in [9.17, 15) is 5.21 Å². The zero-order chi connectivity index (χ0) is 19.6. The van der Waals surface area contributed by atoms with E-state index in [2.05, 4.69) is 38.2 Å². The van der Waals surface area contributed by atoms with Crippen LogP contribution in [0.3, 0.4) is 0 Å². The van der Waals surface area contributed by atoms with E-state index < -0.39 is 0 Å². The Morgan fingerprint density at radius 2 is 1.83 bits per heavy atom. The maximum Gasteiger partial charge on any atom is 0.121 e. The minimum Gasteiger partial charge on any atom is -0.411 e. The highest BCUT2D eigenvalue weighted by Gasteiger charge is 2.22. The first kappa shape index (κ1) is 18.1. The number of H-pyrrole nitrogens is 1. The van der Waals surface area contributed by atoms with Gasteiger partial charge in [-0.3, -0.25) is 9.88 Å². The van der Waals surface area contributed by atoms with Gasteiger partial charge in [-0.1, -0.05) is 23.7 Å². The number of piperidine rings is 1. The lowest BCUT2D eigenvalue weighted by Gasteiger charge is -2.25. The summed E-state index contributed by atoms with van der Waals surface area (Å²) in [5, 5.41) is 12.7.